The number of nitrogens with zero attached hydrogens (tertiary/aromatic N) is 2. The van der Waals surface area contributed by atoms with Crippen LogP contribution in [0, 0.1) is 6.92 Å². The lowest BCUT2D eigenvalue weighted by Crippen LogP contribution is -2.16. The van der Waals surface area contributed by atoms with Gasteiger partial charge in [0.05, 0.1) is 12.1 Å². The van der Waals surface area contributed by atoms with Crippen molar-refractivity contribution in [2.75, 3.05) is 5.32 Å². The van der Waals surface area contributed by atoms with Crippen molar-refractivity contribution in [1.82, 2.24) is 9.97 Å². The molecule has 2 aromatic rings. The predicted molar refractivity (Wildman–Crippen MR) is 75.6 cm³/mol. The molecule has 2 heterocycles. The maximum Gasteiger partial charge on any atom is 0.228 e. The molecule has 0 bridgehead atoms. The number of nitrogens with one attached hydrogen (secondary N) is 1. The summed E-state index contributed by atoms with van der Waals surface area (Å²) in [7, 11) is 0. The van der Waals surface area contributed by atoms with E-state index < -0.39 is 0 Å². The first kappa shape index (κ1) is 13.8. The molecule has 0 atom stereocenters. The van der Waals surface area contributed by atoms with Crippen LogP contribution in [0.2, 0.25) is 10.3 Å². The van der Waals surface area contributed by atoms with Crippen LogP contribution in [0.1, 0.15) is 11.1 Å². The second-order valence-electron chi connectivity index (χ2n) is 4.01. The lowest BCUT2D eigenvalue weighted by Gasteiger charge is -2.10. The smallest absolute Gasteiger partial charge is 0.228 e. The molecule has 0 saturated heterocycles. The minimum atomic E-state index is -0.179. The van der Waals surface area contributed by atoms with Crippen molar-refractivity contribution in [2.24, 2.45) is 0 Å². The molecule has 6 heteroatoms. The Morgan fingerprint density at radius 2 is 2.21 bits per heavy atom. The van der Waals surface area contributed by atoms with Crippen molar-refractivity contribution in [1.29, 1.82) is 0 Å². The molecule has 0 spiro atoms. The molecule has 0 aromatic carbocycles. The predicted octanol–water partition coefficient (Wildman–Crippen LogP) is 3.27. The van der Waals surface area contributed by atoms with Gasteiger partial charge in [-0.25, -0.2) is 4.98 Å². The van der Waals surface area contributed by atoms with E-state index in [-0.39, 0.29) is 17.5 Å². The van der Waals surface area contributed by atoms with Gasteiger partial charge < -0.3 is 5.32 Å². The van der Waals surface area contributed by atoms with Crippen LogP contribution in [0.25, 0.3) is 0 Å². The van der Waals surface area contributed by atoms with Crippen LogP contribution < -0.4 is 5.32 Å². The van der Waals surface area contributed by atoms with Gasteiger partial charge in [-0.2, -0.15) is 0 Å². The third-order valence-electron chi connectivity index (χ3n) is 2.49. The highest BCUT2D eigenvalue weighted by Gasteiger charge is 2.11. The van der Waals surface area contributed by atoms with E-state index in [1.54, 1.807) is 31.5 Å². The normalized spacial score (nSPS) is 10.3. The second kappa shape index (κ2) is 5.99. The Kier molecular flexibility index (Phi) is 4.35. The largest absolute Gasteiger partial charge is 0.323 e. The van der Waals surface area contributed by atoms with Gasteiger partial charge in [-0.05, 0) is 30.2 Å². The summed E-state index contributed by atoms with van der Waals surface area (Å²) >= 11 is 11.7. The Hall–Kier alpha value is -1.65. The van der Waals surface area contributed by atoms with Gasteiger partial charge in [-0.15, -0.1) is 0 Å². The number of rotatable bonds is 3. The lowest BCUT2D eigenvalue weighted by atomic mass is 10.2. The average Bonchev–Trinajstić information content (AvgIpc) is 2.35. The summed E-state index contributed by atoms with van der Waals surface area (Å²) in [5.74, 6) is -0.179. The topological polar surface area (TPSA) is 54.9 Å². The standard InChI is InChI=1S/C13H11Cl2N3O/c1-8-5-10(14)17-13(15)12(8)18-11(19)6-9-3-2-4-16-7-9/h2-5,7H,6H2,1H3,(H,18,19). The summed E-state index contributed by atoms with van der Waals surface area (Å²) in [5.41, 5.74) is 2.08. The highest BCUT2D eigenvalue weighted by Crippen LogP contribution is 2.26. The van der Waals surface area contributed by atoms with Gasteiger partial charge in [0.25, 0.3) is 0 Å². The monoisotopic (exact) mass is 295 g/mol. The van der Waals surface area contributed by atoms with Crippen molar-refractivity contribution in [3.05, 3.63) is 52.0 Å². The molecule has 4 nitrogen and oxygen atoms in total. The van der Waals surface area contributed by atoms with Gasteiger partial charge in [0.15, 0.2) is 5.15 Å². The molecule has 1 amide bonds. The van der Waals surface area contributed by atoms with E-state index in [4.69, 9.17) is 23.2 Å². The van der Waals surface area contributed by atoms with Gasteiger partial charge in [0, 0.05) is 12.4 Å². The molecule has 0 fully saturated rings. The number of halogens is 2. The Morgan fingerprint density at radius 3 is 2.84 bits per heavy atom. The maximum absolute atomic E-state index is 11.9. The highest BCUT2D eigenvalue weighted by atomic mass is 35.5. The zero-order valence-corrected chi connectivity index (χ0v) is 11.7. The van der Waals surface area contributed by atoms with E-state index in [1.165, 1.54) is 0 Å². The number of amides is 1. The Labute approximate surface area is 120 Å². The molecule has 0 aliphatic rings. The van der Waals surface area contributed by atoms with Crippen molar-refractivity contribution in [3.8, 4) is 0 Å². The van der Waals surface area contributed by atoms with E-state index in [9.17, 15) is 4.79 Å². The zero-order valence-electron chi connectivity index (χ0n) is 10.2. The molecule has 0 aliphatic heterocycles. The molecule has 0 unspecified atom stereocenters. The van der Waals surface area contributed by atoms with Gasteiger partial charge in [0.1, 0.15) is 5.15 Å². The number of pyridine rings is 2. The SMILES string of the molecule is Cc1cc(Cl)nc(Cl)c1NC(=O)Cc1cccnc1. The lowest BCUT2D eigenvalue weighted by molar-refractivity contribution is -0.115. The number of carbonyl (C=O) groups is 1. The minimum absolute atomic E-state index is 0.179. The first-order valence-electron chi connectivity index (χ1n) is 5.57. The molecule has 0 saturated carbocycles. The first-order chi connectivity index (χ1) is 9.06. The summed E-state index contributed by atoms with van der Waals surface area (Å²) in [6.45, 7) is 1.80. The molecule has 98 valence electrons. The van der Waals surface area contributed by atoms with E-state index in [1.807, 2.05) is 6.07 Å². The highest BCUT2D eigenvalue weighted by molar-refractivity contribution is 6.34. The number of anilines is 1. The van der Waals surface area contributed by atoms with Crippen LogP contribution in [0.15, 0.2) is 30.6 Å². The van der Waals surface area contributed by atoms with Crippen molar-refractivity contribution < 1.29 is 4.79 Å². The van der Waals surface area contributed by atoms with E-state index in [0.717, 1.165) is 11.1 Å². The van der Waals surface area contributed by atoms with E-state index >= 15 is 0 Å². The van der Waals surface area contributed by atoms with Gasteiger partial charge in [0.2, 0.25) is 5.91 Å². The zero-order chi connectivity index (χ0) is 13.8. The Bertz CT molecular complexity index is 579. The third kappa shape index (κ3) is 3.66. The number of hydrogen-bond acceptors (Lipinski definition) is 3. The molecular formula is C13H11Cl2N3O. The Balaban J connectivity index is 2.12. The second-order valence-corrected chi connectivity index (χ2v) is 4.76. The van der Waals surface area contributed by atoms with Crippen LogP contribution in [0.3, 0.4) is 0 Å². The molecule has 0 radical (unpaired) electrons. The van der Waals surface area contributed by atoms with E-state index in [2.05, 4.69) is 15.3 Å². The number of carbonyl (C=O) groups excluding carboxylic acids is 1. The fourth-order valence-corrected chi connectivity index (χ4v) is 2.20. The molecular weight excluding hydrogens is 285 g/mol. The fourth-order valence-electron chi connectivity index (χ4n) is 1.62. The molecule has 2 rings (SSSR count). The Morgan fingerprint density at radius 1 is 1.42 bits per heavy atom. The maximum atomic E-state index is 11.9. The summed E-state index contributed by atoms with van der Waals surface area (Å²) in [6, 6.07) is 5.26. The van der Waals surface area contributed by atoms with Crippen LogP contribution in [0.5, 0.6) is 0 Å². The van der Waals surface area contributed by atoms with Crippen molar-refractivity contribution >= 4 is 34.8 Å². The van der Waals surface area contributed by atoms with Gasteiger partial charge in [-0.3, -0.25) is 9.78 Å². The van der Waals surface area contributed by atoms with Crippen molar-refractivity contribution in [2.45, 2.75) is 13.3 Å². The van der Waals surface area contributed by atoms with Crippen LogP contribution in [0.4, 0.5) is 5.69 Å². The minimum Gasteiger partial charge on any atom is -0.323 e. The van der Waals surface area contributed by atoms with Crippen LogP contribution >= 0.6 is 23.2 Å². The number of hydrogen-bond donors (Lipinski definition) is 1. The molecule has 19 heavy (non-hydrogen) atoms. The average molecular weight is 296 g/mol. The van der Waals surface area contributed by atoms with Crippen LogP contribution in [-0.4, -0.2) is 15.9 Å². The quantitative estimate of drug-likeness (QED) is 0.884. The van der Waals surface area contributed by atoms with Crippen molar-refractivity contribution in [3.63, 3.8) is 0 Å². The summed E-state index contributed by atoms with van der Waals surface area (Å²) in [5, 5.41) is 3.22. The van der Waals surface area contributed by atoms with E-state index in [0.29, 0.717) is 10.8 Å². The number of aromatic nitrogens is 2. The molecule has 1 N–H and O–H groups in total. The van der Waals surface area contributed by atoms with Gasteiger partial charge >= 0.3 is 0 Å². The third-order valence-corrected chi connectivity index (χ3v) is 2.96. The summed E-state index contributed by atoms with van der Waals surface area (Å²) in [6.07, 6.45) is 3.53. The summed E-state index contributed by atoms with van der Waals surface area (Å²) in [4.78, 5) is 19.8. The first-order valence-corrected chi connectivity index (χ1v) is 6.33. The summed E-state index contributed by atoms with van der Waals surface area (Å²) < 4.78 is 0. The molecule has 0 aliphatic carbocycles. The number of aryl methyl sites for hydroxylation is 1. The van der Waals surface area contributed by atoms with Crippen LogP contribution in [-0.2, 0) is 11.2 Å². The molecule has 2 aromatic heterocycles. The fraction of sp³-hybridized carbons (Fsp3) is 0.154. The van der Waals surface area contributed by atoms with Gasteiger partial charge in [-0.1, -0.05) is 29.3 Å².